The molecule has 0 saturated carbocycles. The van der Waals surface area contributed by atoms with Gasteiger partial charge in [0.25, 0.3) is 0 Å². The Hall–Kier alpha value is -3.43. The lowest BCUT2D eigenvalue weighted by Gasteiger charge is -2.21. The molecule has 5 rings (SSSR count). The molecule has 4 heterocycles. The van der Waals surface area contributed by atoms with Crippen LogP contribution < -0.4 is 10.6 Å². The van der Waals surface area contributed by atoms with Gasteiger partial charge in [0.2, 0.25) is 11.8 Å². The first-order chi connectivity index (χ1) is 17.0. The van der Waals surface area contributed by atoms with Crippen molar-refractivity contribution in [1.29, 1.82) is 0 Å². The van der Waals surface area contributed by atoms with Crippen molar-refractivity contribution in [2.24, 2.45) is 0 Å². The number of ether oxygens (including phenoxy) is 1. The molecule has 36 heavy (non-hydrogen) atoms. The van der Waals surface area contributed by atoms with E-state index < -0.39 is 24.5 Å². The van der Waals surface area contributed by atoms with E-state index in [0.717, 1.165) is 5.56 Å². The Balaban J connectivity index is 0.00000304. The van der Waals surface area contributed by atoms with Crippen LogP contribution >= 0.6 is 12.4 Å². The summed E-state index contributed by atoms with van der Waals surface area (Å²) in [7, 11) is 0. The quantitative estimate of drug-likeness (QED) is 0.226. The molecule has 0 amide bonds. The maximum absolute atomic E-state index is 10.8. The van der Waals surface area contributed by atoms with Crippen LogP contribution in [0.1, 0.15) is 30.6 Å². The van der Waals surface area contributed by atoms with Gasteiger partial charge >= 0.3 is 0 Å². The normalized spacial score (nSPS) is 21.6. The predicted octanol–water partition coefficient (Wildman–Crippen LogP) is -0.173. The van der Waals surface area contributed by atoms with E-state index in [1.807, 2.05) is 37.3 Å². The van der Waals surface area contributed by atoms with Crippen LogP contribution in [-0.4, -0.2) is 80.5 Å². The highest BCUT2D eigenvalue weighted by molar-refractivity contribution is 5.85. The number of aliphatic hydroxyl groups is 3. The summed E-state index contributed by atoms with van der Waals surface area (Å²) in [5.41, 5.74) is 7.84. The van der Waals surface area contributed by atoms with E-state index in [1.165, 1.54) is 15.7 Å². The molecule has 4 aromatic rings. The van der Waals surface area contributed by atoms with Crippen LogP contribution in [0.25, 0.3) is 11.2 Å². The SMILES string of the molecule is CCn1nnc([C@H]2O[C@@H](n3cnc4c(N)nc(N(CO)CCc5ccccc5)nc43)[C@H](O)[C@@H]2O)n1.Cl. The standard InChI is InChI=1S/C21H26N10O4.ClH/c1-2-31-27-18(26-28-31)16-14(33)15(34)20(35-16)30-10-23-13-17(22)24-21(25-19(13)30)29(11-32)9-8-12-6-4-3-5-7-12;/h3-7,10,14-16,20,32-34H,2,8-9,11H2,1H3,(H2,22,24,25);1H/t14-,15+,16-,20+;/m0./s1. The number of imidazole rings is 1. The van der Waals surface area contributed by atoms with Gasteiger partial charge in [0, 0.05) is 6.54 Å². The molecule has 4 atom stereocenters. The van der Waals surface area contributed by atoms with Gasteiger partial charge in [0.05, 0.1) is 12.9 Å². The molecule has 1 fully saturated rings. The molecular formula is C21H27ClN10O4. The summed E-state index contributed by atoms with van der Waals surface area (Å²) in [6.45, 7) is 2.47. The van der Waals surface area contributed by atoms with E-state index in [2.05, 4.69) is 30.4 Å². The highest BCUT2D eigenvalue weighted by Crippen LogP contribution is 2.38. The molecule has 1 saturated heterocycles. The number of tetrazole rings is 1. The summed E-state index contributed by atoms with van der Waals surface area (Å²) in [6, 6.07) is 9.83. The van der Waals surface area contributed by atoms with Crippen molar-refractivity contribution >= 4 is 35.3 Å². The third-order valence-corrected chi connectivity index (χ3v) is 5.92. The van der Waals surface area contributed by atoms with E-state index in [9.17, 15) is 15.3 Å². The van der Waals surface area contributed by atoms with Gasteiger partial charge in [-0.25, -0.2) is 4.98 Å². The summed E-state index contributed by atoms with van der Waals surface area (Å²) in [5, 5.41) is 43.3. The van der Waals surface area contributed by atoms with Gasteiger partial charge < -0.3 is 30.7 Å². The van der Waals surface area contributed by atoms with Crippen LogP contribution in [0.4, 0.5) is 11.8 Å². The van der Waals surface area contributed by atoms with E-state index in [0.29, 0.717) is 25.0 Å². The number of aromatic nitrogens is 8. The number of hydrogen-bond acceptors (Lipinski definition) is 12. The molecule has 0 radical (unpaired) electrons. The highest BCUT2D eigenvalue weighted by atomic mass is 35.5. The monoisotopic (exact) mass is 518 g/mol. The van der Waals surface area contributed by atoms with Crippen molar-refractivity contribution < 1.29 is 20.1 Å². The van der Waals surface area contributed by atoms with Gasteiger partial charge in [-0.05, 0) is 24.1 Å². The number of benzene rings is 1. The fraction of sp³-hybridized carbons (Fsp3) is 0.429. The second-order valence-electron chi connectivity index (χ2n) is 8.14. The van der Waals surface area contributed by atoms with Crippen molar-refractivity contribution in [2.45, 2.75) is 44.4 Å². The van der Waals surface area contributed by atoms with E-state index in [-0.39, 0.29) is 42.4 Å². The van der Waals surface area contributed by atoms with Gasteiger partial charge in [-0.1, -0.05) is 30.3 Å². The molecule has 0 spiro atoms. The number of nitrogens with zero attached hydrogens (tertiary/aromatic N) is 9. The second kappa shape index (κ2) is 10.7. The van der Waals surface area contributed by atoms with Gasteiger partial charge in [0.15, 0.2) is 23.8 Å². The Labute approximate surface area is 211 Å². The average molecular weight is 519 g/mol. The highest BCUT2D eigenvalue weighted by Gasteiger charge is 2.47. The zero-order chi connectivity index (χ0) is 24.5. The molecule has 15 heteroatoms. The average Bonchev–Trinajstić information content (AvgIpc) is 3.59. The maximum atomic E-state index is 10.8. The maximum Gasteiger partial charge on any atom is 0.231 e. The van der Waals surface area contributed by atoms with Gasteiger partial charge in [-0.15, -0.1) is 22.6 Å². The first-order valence-corrected chi connectivity index (χ1v) is 11.2. The third-order valence-electron chi connectivity index (χ3n) is 5.92. The number of halogens is 1. The van der Waals surface area contributed by atoms with Crippen LogP contribution in [0.2, 0.25) is 0 Å². The Morgan fingerprint density at radius 1 is 1.14 bits per heavy atom. The fourth-order valence-corrected chi connectivity index (χ4v) is 4.00. The minimum atomic E-state index is -1.32. The van der Waals surface area contributed by atoms with Crippen LogP contribution in [0.3, 0.4) is 0 Å². The van der Waals surface area contributed by atoms with Gasteiger partial charge in [-0.3, -0.25) is 4.57 Å². The number of anilines is 2. The smallest absolute Gasteiger partial charge is 0.231 e. The molecule has 0 aliphatic carbocycles. The second-order valence-corrected chi connectivity index (χ2v) is 8.14. The van der Waals surface area contributed by atoms with Crippen LogP contribution in [0, 0.1) is 0 Å². The van der Waals surface area contributed by atoms with Crippen molar-refractivity contribution in [1.82, 2.24) is 39.7 Å². The zero-order valence-electron chi connectivity index (χ0n) is 19.4. The molecule has 3 aromatic heterocycles. The summed E-state index contributed by atoms with van der Waals surface area (Å²) >= 11 is 0. The molecule has 1 aliphatic rings. The first-order valence-electron chi connectivity index (χ1n) is 11.2. The van der Waals surface area contributed by atoms with Gasteiger partial charge in [-0.2, -0.15) is 14.8 Å². The predicted molar refractivity (Wildman–Crippen MR) is 130 cm³/mol. The molecule has 1 aliphatic heterocycles. The summed E-state index contributed by atoms with van der Waals surface area (Å²) in [6.07, 6.45) is -2.59. The Morgan fingerprint density at radius 2 is 1.92 bits per heavy atom. The summed E-state index contributed by atoms with van der Waals surface area (Å²) < 4.78 is 7.41. The Morgan fingerprint density at radius 3 is 2.61 bits per heavy atom. The number of fused-ring (bicyclic) bond motifs is 1. The number of aryl methyl sites for hydroxylation is 1. The lowest BCUT2D eigenvalue weighted by Crippen LogP contribution is -2.30. The lowest BCUT2D eigenvalue weighted by atomic mass is 10.1. The van der Waals surface area contributed by atoms with Crippen LogP contribution in [0.15, 0.2) is 36.7 Å². The van der Waals surface area contributed by atoms with Crippen LogP contribution in [-0.2, 0) is 17.7 Å². The number of aliphatic hydroxyl groups excluding tert-OH is 3. The van der Waals surface area contributed by atoms with Gasteiger partial charge in [0.1, 0.15) is 24.5 Å². The number of rotatable bonds is 8. The zero-order valence-corrected chi connectivity index (χ0v) is 20.2. The molecule has 1 aromatic carbocycles. The Kier molecular flexibility index (Phi) is 7.61. The minimum Gasteiger partial charge on any atom is -0.387 e. The Bertz CT molecular complexity index is 1300. The molecule has 0 bridgehead atoms. The third kappa shape index (κ3) is 4.68. The van der Waals surface area contributed by atoms with E-state index in [1.54, 1.807) is 4.90 Å². The number of nitrogens with two attached hydrogens (primary N) is 1. The summed E-state index contributed by atoms with van der Waals surface area (Å²) in [5.74, 6) is 0.471. The molecular weight excluding hydrogens is 492 g/mol. The molecule has 14 nitrogen and oxygen atoms in total. The molecule has 5 N–H and O–H groups in total. The largest absolute Gasteiger partial charge is 0.387 e. The molecule has 0 unspecified atom stereocenters. The number of nitrogen functional groups attached to an aromatic ring is 1. The van der Waals surface area contributed by atoms with E-state index in [4.69, 9.17) is 10.5 Å². The first kappa shape index (κ1) is 25.7. The van der Waals surface area contributed by atoms with Crippen LogP contribution in [0.5, 0.6) is 0 Å². The lowest BCUT2D eigenvalue weighted by molar-refractivity contribution is -0.0384. The summed E-state index contributed by atoms with van der Waals surface area (Å²) in [4.78, 5) is 16.1. The van der Waals surface area contributed by atoms with Crippen molar-refractivity contribution in [3.8, 4) is 0 Å². The fourth-order valence-electron chi connectivity index (χ4n) is 4.00. The van der Waals surface area contributed by atoms with Crippen molar-refractivity contribution in [2.75, 3.05) is 23.9 Å². The number of hydrogen-bond donors (Lipinski definition) is 4. The topological polar surface area (TPSA) is 186 Å². The minimum absolute atomic E-state index is 0. The molecule has 192 valence electrons. The van der Waals surface area contributed by atoms with E-state index >= 15 is 0 Å². The van der Waals surface area contributed by atoms with Crippen molar-refractivity contribution in [3.05, 3.63) is 48.0 Å². The van der Waals surface area contributed by atoms with Crippen molar-refractivity contribution in [3.63, 3.8) is 0 Å².